The van der Waals surface area contributed by atoms with Gasteiger partial charge in [0.15, 0.2) is 0 Å². The summed E-state index contributed by atoms with van der Waals surface area (Å²) < 4.78 is 13.7. The van der Waals surface area contributed by atoms with Crippen molar-refractivity contribution in [2.24, 2.45) is 10.7 Å². The third-order valence-corrected chi connectivity index (χ3v) is 0.839. The number of guanidine groups is 1. The number of hydrogen-bond acceptors (Lipinski definition) is 3. The Hall–Kier alpha value is -0.620. The zero-order chi connectivity index (χ0) is 8.20. The van der Waals surface area contributed by atoms with Crippen molar-refractivity contribution >= 4 is 13.8 Å². The van der Waals surface area contributed by atoms with E-state index in [-0.39, 0.29) is 5.96 Å². The van der Waals surface area contributed by atoms with Gasteiger partial charge in [-0.05, 0) is 0 Å². The van der Waals surface area contributed by atoms with Crippen molar-refractivity contribution in [3.63, 3.8) is 0 Å². The molecule has 7 nitrogen and oxygen atoms in total. The van der Waals surface area contributed by atoms with E-state index in [4.69, 9.17) is 15.5 Å². The van der Waals surface area contributed by atoms with Crippen LogP contribution in [-0.2, 0) is 9.19 Å². The summed E-state index contributed by atoms with van der Waals surface area (Å²) in [6.07, 6.45) is 0. The topological polar surface area (TPSA) is 117 Å². The van der Waals surface area contributed by atoms with Crippen molar-refractivity contribution < 1.29 is 19.0 Å². The standard InChI is InChI=1S/C2H8N3O4P/c1-4-2(3)5-9-10(6,7)8/h1H3,(H3,3,4,5)(H2,6,7,8). The maximum Gasteiger partial charge on any atom is 0.491 e. The smallest absolute Gasteiger partial charge is 0.368 e. The lowest BCUT2D eigenvalue weighted by atomic mass is 11.0. The highest BCUT2D eigenvalue weighted by atomic mass is 31.2. The van der Waals surface area contributed by atoms with E-state index in [0.29, 0.717) is 0 Å². The molecule has 0 aliphatic carbocycles. The van der Waals surface area contributed by atoms with Crippen molar-refractivity contribution in [2.75, 3.05) is 7.05 Å². The van der Waals surface area contributed by atoms with E-state index < -0.39 is 7.82 Å². The number of phosphoric acid groups is 1. The van der Waals surface area contributed by atoms with E-state index in [1.54, 1.807) is 5.48 Å². The van der Waals surface area contributed by atoms with Gasteiger partial charge in [0, 0.05) is 7.05 Å². The molecule has 0 amide bonds. The number of aliphatic imine (C=N–C) groups is 1. The van der Waals surface area contributed by atoms with Crippen LogP contribution in [0.4, 0.5) is 0 Å². The average molecular weight is 169 g/mol. The summed E-state index contributed by atoms with van der Waals surface area (Å²) in [5.74, 6) is -0.205. The molecule has 8 heteroatoms. The molecular weight excluding hydrogens is 161 g/mol. The predicted octanol–water partition coefficient (Wildman–Crippen LogP) is -1.46. The monoisotopic (exact) mass is 169 g/mol. The summed E-state index contributed by atoms with van der Waals surface area (Å²) in [5.41, 5.74) is 6.69. The Morgan fingerprint density at radius 1 is 1.80 bits per heavy atom. The molecule has 60 valence electrons. The second kappa shape index (κ2) is 3.52. The third kappa shape index (κ3) is 5.52. The first-order valence-corrected chi connectivity index (χ1v) is 3.71. The molecule has 0 saturated carbocycles. The van der Waals surface area contributed by atoms with Crippen LogP contribution >= 0.6 is 7.82 Å². The van der Waals surface area contributed by atoms with Gasteiger partial charge in [0.2, 0.25) is 5.96 Å². The normalized spacial score (nSPS) is 13.3. The molecule has 0 saturated heterocycles. The van der Waals surface area contributed by atoms with Gasteiger partial charge < -0.3 is 15.5 Å². The maximum absolute atomic E-state index is 9.95. The molecule has 0 aromatic heterocycles. The van der Waals surface area contributed by atoms with Crippen molar-refractivity contribution in [2.45, 2.75) is 0 Å². The zero-order valence-electron chi connectivity index (χ0n) is 5.18. The van der Waals surface area contributed by atoms with Gasteiger partial charge in [-0.1, -0.05) is 0 Å². The highest BCUT2D eigenvalue weighted by Crippen LogP contribution is 2.33. The zero-order valence-corrected chi connectivity index (χ0v) is 6.08. The maximum atomic E-state index is 9.95. The summed E-state index contributed by atoms with van der Waals surface area (Å²) in [4.78, 5) is 19.5. The van der Waals surface area contributed by atoms with Gasteiger partial charge in [0.25, 0.3) is 0 Å². The molecule has 0 unspecified atom stereocenters. The van der Waals surface area contributed by atoms with Gasteiger partial charge in [-0.15, -0.1) is 0 Å². The fourth-order valence-electron chi connectivity index (χ4n) is 0.152. The molecule has 0 aromatic rings. The molecule has 0 rings (SSSR count). The molecule has 0 bridgehead atoms. The summed E-state index contributed by atoms with van der Waals surface area (Å²) in [5, 5.41) is 0. The quantitative estimate of drug-likeness (QED) is 0.174. The highest BCUT2D eigenvalue weighted by molar-refractivity contribution is 7.46. The first kappa shape index (κ1) is 9.38. The van der Waals surface area contributed by atoms with Gasteiger partial charge in [0.05, 0.1) is 0 Å². The molecule has 0 fully saturated rings. The molecule has 0 spiro atoms. The lowest BCUT2D eigenvalue weighted by Gasteiger charge is -2.04. The number of rotatable bonds is 2. The van der Waals surface area contributed by atoms with Crippen LogP contribution in [0.5, 0.6) is 0 Å². The van der Waals surface area contributed by atoms with Crippen LogP contribution in [0, 0.1) is 0 Å². The van der Waals surface area contributed by atoms with E-state index in [1.165, 1.54) is 7.05 Å². The van der Waals surface area contributed by atoms with Crippen LogP contribution in [0.2, 0.25) is 0 Å². The van der Waals surface area contributed by atoms with E-state index in [9.17, 15) is 4.57 Å². The summed E-state index contributed by atoms with van der Waals surface area (Å²) >= 11 is 0. The minimum absolute atomic E-state index is 0.205. The number of nitrogens with two attached hydrogens (primary N) is 1. The Labute approximate surface area is 57.1 Å². The van der Waals surface area contributed by atoms with Crippen LogP contribution in [0.15, 0.2) is 4.99 Å². The molecule has 0 aliphatic heterocycles. The van der Waals surface area contributed by atoms with Gasteiger partial charge in [-0.25, -0.2) is 10.0 Å². The Morgan fingerprint density at radius 3 is 2.60 bits per heavy atom. The van der Waals surface area contributed by atoms with Crippen molar-refractivity contribution in [3.05, 3.63) is 0 Å². The van der Waals surface area contributed by atoms with E-state index >= 15 is 0 Å². The molecule has 10 heavy (non-hydrogen) atoms. The SMILES string of the molecule is CN=C(N)NOP(=O)(O)O. The second-order valence-electron chi connectivity index (χ2n) is 1.29. The van der Waals surface area contributed by atoms with E-state index in [1.807, 2.05) is 0 Å². The lowest BCUT2D eigenvalue weighted by Crippen LogP contribution is -2.30. The third-order valence-electron chi connectivity index (χ3n) is 0.510. The predicted molar refractivity (Wildman–Crippen MR) is 33.8 cm³/mol. The molecule has 0 aromatic carbocycles. The first-order chi connectivity index (χ1) is 4.45. The Bertz CT molecular complexity index is 173. The number of nitrogens with zero attached hydrogens (tertiary/aromatic N) is 1. The van der Waals surface area contributed by atoms with E-state index in [2.05, 4.69) is 9.62 Å². The highest BCUT2D eigenvalue weighted by Gasteiger charge is 2.13. The van der Waals surface area contributed by atoms with Gasteiger partial charge in [-0.2, -0.15) is 4.62 Å². The van der Waals surface area contributed by atoms with Crippen molar-refractivity contribution in [3.8, 4) is 0 Å². The second-order valence-corrected chi connectivity index (χ2v) is 2.46. The number of nitrogens with one attached hydrogen (secondary N) is 1. The number of hydrogen-bond donors (Lipinski definition) is 4. The molecule has 0 heterocycles. The van der Waals surface area contributed by atoms with Crippen LogP contribution in [-0.4, -0.2) is 22.8 Å². The van der Waals surface area contributed by atoms with Crippen LogP contribution < -0.4 is 11.2 Å². The Morgan fingerprint density at radius 2 is 2.30 bits per heavy atom. The largest absolute Gasteiger partial charge is 0.491 e. The molecule has 0 radical (unpaired) electrons. The first-order valence-electron chi connectivity index (χ1n) is 2.18. The van der Waals surface area contributed by atoms with E-state index in [0.717, 1.165) is 0 Å². The fourth-order valence-corrected chi connectivity index (χ4v) is 0.364. The molecule has 0 atom stereocenters. The lowest BCUT2D eigenvalue weighted by molar-refractivity contribution is 0.163. The van der Waals surface area contributed by atoms with Gasteiger partial charge in [0.1, 0.15) is 0 Å². The van der Waals surface area contributed by atoms with Crippen molar-refractivity contribution in [1.29, 1.82) is 0 Å². The van der Waals surface area contributed by atoms with Crippen molar-refractivity contribution in [1.82, 2.24) is 5.48 Å². The average Bonchev–Trinajstić information content (AvgIpc) is 1.81. The molecular formula is C2H8N3O4P. The Kier molecular flexibility index (Phi) is 3.31. The minimum Gasteiger partial charge on any atom is -0.368 e. The van der Waals surface area contributed by atoms with Crippen LogP contribution in [0.1, 0.15) is 0 Å². The Balaban J connectivity index is 3.67. The molecule has 5 N–H and O–H groups in total. The van der Waals surface area contributed by atoms with Crippen LogP contribution in [0.25, 0.3) is 0 Å². The molecule has 0 aliphatic rings. The van der Waals surface area contributed by atoms with Gasteiger partial charge in [-0.3, -0.25) is 4.99 Å². The van der Waals surface area contributed by atoms with Crippen LogP contribution in [0.3, 0.4) is 0 Å². The fraction of sp³-hybridized carbons (Fsp3) is 0.500. The summed E-state index contributed by atoms with van der Waals surface area (Å²) in [7, 11) is -3.17. The number of hydroxylamine groups is 1. The summed E-state index contributed by atoms with van der Waals surface area (Å²) in [6, 6.07) is 0. The minimum atomic E-state index is -4.50. The summed E-state index contributed by atoms with van der Waals surface area (Å²) in [6.45, 7) is 0. The van der Waals surface area contributed by atoms with Gasteiger partial charge >= 0.3 is 7.82 Å².